The van der Waals surface area contributed by atoms with Gasteiger partial charge in [-0.3, -0.25) is 14.3 Å². The number of carbonyl (C=O) groups is 1. The Hall–Kier alpha value is -2.21. The predicted molar refractivity (Wildman–Crippen MR) is 79.7 cm³/mol. The lowest BCUT2D eigenvalue weighted by Crippen LogP contribution is -2.08. The number of aldehydes is 1. The van der Waals surface area contributed by atoms with Gasteiger partial charge in [-0.1, -0.05) is 18.2 Å². The van der Waals surface area contributed by atoms with Crippen molar-refractivity contribution in [2.75, 3.05) is 0 Å². The van der Waals surface area contributed by atoms with Crippen LogP contribution in [0, 0.1) is 6.92 Å². The molecule has 0 bridgehead atoms. The van der Waals surface area contributed by atoms with E-state index < -0.39 is 7.75 Å². The predicted octanol–water partition coefficient (Wildman–Crippen LogP) is 2.57. The highest BCUT2D eigenvalue weighted by Crippen LogP contribution is 2.41. The summed E-state index contributed by atoms with van der Waals surface area (Å²) in [5.74, 6) is 0.0563. The average Bonchev–Trinajstić information content (AvgIpc) is 2.49. The van der Waals surface area contributed by atoms with E-state index >= 15 is 0 Å². The molecule has 0 aliphatic rings. The zero-order valence-corrected chi connectivity index (χ0v) is 12.7. The first kappa shape index (κ1) is 16.2. The first-order valence-corrected chi connectivity index (χ1v) is 7.94. The van der Waals surface area contributed by atoms with Crippen molar-refractivity contribution in [2.24, 2.45) is 5.50 Å². The molecule has 0 spiro atoms. The molecule has 3 N–H and O–H groups in total. The van der Waals surface area contributed by atoms with E-state index in [2.05, 4.69) is 4.98 Å². The fourth-order valence-electron chi connectivity index (χ4n) is 1.71. The number of aryl methyl sites for hydroxylation is 1. The molecule has 2 aromatic rings. The summed E-state index contributed by atoms with van der Waals surface area (Å²) in [6, 6.07) is 8.33. The highest BCUT2D eigenvalue weighted by molar-refractivity contribution is 7.51. The molecule has 0 fully saturated rings. The maximum atomic E-state index is 12.1. The second-order valence-corrected chi connectivity index (χ2v) is 5.99. The molecule has 116 valence electrons. The third kappa shape index (κ3) is 3.92. The number of hydrogen-bond donors (Lipinski definition) is 2. The molecule has 0 aliphatic heterocycles. The Balaban J connectivity index is 2.11. The molecule has 1 heterocycles. The van der Waals surface area contributed by atoms with E-state index in [1.165, 1.54) is 6.20 Å². The van der Waals surface area contributed by atoms with E-state index in [1.54, 1.807) is 37.3 Å². The molecule has 2 rings (SSSR count). The molecule has 0 aliphatic carbocycles. The molecule has 7 nitrogen and oxygen atoms in total. The second kappa shape index (κ2) is 6.70. The molecule has 0 radical (unpaired) electrons. The molecule has 1 aromatic carbocycles. The third-order valence-electron chi connectivity index (χ3n) is 2.85. The van der Waals surface area contributed by atoms with Crippen LogP contribution in [0.3, 0.4) is 0 Å². The van der Waals surface area contributed by atoms with Gasteiger partial charge in [-0.15, -0.1) is 0 Å². The first-order chi connectivity index (χ1) is 10.4. The molecular weight excluding hydrogens is 307 g/mol. The van der Waals surface area contributed by atoms with Crippen LogP contribution in [-0.2, 0) is 15.7 Å². The van der Waals surface area contributed by atoms with Crippen LogP contribution in [0.4, 0.5) is 0 Å². The minimum absolute atomic E-state index is 0.0206. The summed E-state index contributed by atoms with van der Waals surface area (Å²) >= 11 is 0. The van der Waals surface area contributed by atoms with Gasteiger partial charge in [0.15, 0.2) is 6.29 Å². The molecular formula is C14H15N2O5P. The van der Waals surface area contributed by atoms with Gasteiger partial charge in [-0.2, -0.15) is 0 Å². The van der Waals surface area contributed by atoms with Gasteiger partial charge in [0.25, 0.3) is 0 Å². The number of nitrogens with two attached hydrogens (primary N) is 1. The Morgan fingerprint density at radius 1 is 1.36 bits per heavy atom. The molecule has 0 saturated heterocycles. The maximum Gasteiger partial charge on any atom is 0.456 e. The Labute approximate surface area is 127 Å². The largest absolute Gasteiger partial charge is 0.505 e. The standard InChI is InChI=1S/C14H15N2O5P/c1-10-14(18)13(8-17)11(7-16-10)9-20-22(15,19)21-12-5-3-2-4-6-12/h2-8,18H,9H2,1H3,(H2,15,19). The number of pyridine rings is 1. The molecule has 8 heteroatoms. The molecule has 0 amide bonds. The minimum Gasteiger partial charge on any atom is -0.505 e. The fraction of sp³-hybridized carbons (Fsp3) is 0.143. The van der Waals surface area contributed by atoms with Gasteiger partial charge in [0.05, 0.1) is 17.9 Å². The van der Waals surface area contributed by atoms with Gasteiger partial charge in [0, 0.05) is 11.8 Å². The van der Waals surface area contributed by atoms with Crippen molar-refractivity contribution in [1.82, 2.24) is 4.98 Å². The molecule has 0 saturated carbocycles. The van der Waals surface area contributed by atoms with Crippen LogP contribution >= 0.6 is 7.75 Å². The third-order valence-corrected chi connectivity index (χ3v) is 3.81. The van der Waals surface area contributed by atoms with Gasteiger partial charge in [-0.25, -0.2) is 10.1 Å². The number of para-hydroxylation sites is 1. The van der Waals surface area contributed by atoms with Crippen molar-refractivity contribution in [1.29, 1.82) is 0 Å². The summed E-state index contributed by atoms with van der Waals surface area (Å²) in [5.41, 5.74) is 6.09. The zero-order chi connectivity index (χ0) is 16.2. The monoisotopic (exact) mass is 322 g/mol. The normalized spacial score (nSPS) is 13.4. The number of nitrogens with zero attached hydrogens (tertiary/aromatic N) is 1. The second-order valence-electron chi connectivity index (χ2n) is 4.47. The fourth-order valence-corrected chi connectivity index (χ4v) is 2.50. The Bertz CT molecular complexity index is 721. The maximum absolute atomic E-state index is 12.1. The van der Waals surface area contributed by atoms with Crippen molar-refractivity contribution < 1.29 is 23.5 Å². The lowest BCUT2D eigenvalue weighted by Gasteiger charge is -2.15. The summed E-state index contributed by atoms with van der Waals surface area (Å²) in [5, 5.41) is 9.76. The van der Waals surface area contributed by atoms with Crippen LogP contribution in [0.5, 0.6) is 11.5 Å². The van der Waals surface area contributed by atoms with Crippen LogP contribution in [-0.4, -0.2) is 16.4 Å². The Morgan fingerprint density at radius 3 is 2.68 bits per heavy atom. The van der Waals surface area contributed by atoms with E-state index in [-0.39, 0.29) is 23.5 Å². The topological polar surface area (TPSA) is 112 Å². The number of hydrogen-bond acceptors (Lipinski definition) is 6. The van der Waals surface area contributed by atoms with Gasteiger partial charge in [0.2, 0.25) is 0 Å². The summed E-state index contributed by atoms with van der Waals surface area (Å²) in [6.45, 7) is 1.27. The SMILES string of the molecule is Cc1ncc(COP(N)(=O)Oc2ccccc2)c(C=O)c1O. The van der Waals surface area contributed by atoms with E-state index in [4.69, 9.17) is 14.6 Å². The number of aromatic hydroxyl groups is 1. The number of rotatable bonds is 6. The van der Waals surface area contributed by atoms with Gasteiger partial charge in [0.1, 0.15) is 11.5 Å². The quantitative estimate of drug-likeness (QED) is 0.621. The lowest BCUT2D eigenvalue weighted by molar-refractivity contribution is 0.111. The Kier molecular flexibility index (Phi) is 4.92. The van der Waals surface area contributed by atoms with Gasteiger partial charge < -0.3 is 9.63 Å². The highest BCUT2D eigenvalue weighted by atomic mass is 31.2. The first-order valence-electron chi connectivity index (χ1n) is 6.33. The average molecular weight is 322 g/mol. The van der Waals surface area contributed by atoms with Gasteiger partial charge >= 0.3 is 7.75 Å². The molecule has 1 aromatic heterocycles. The van der Waals surface area contributed by atoms with E-state index in [1.807, 2.05) is 0 Å². The number of carbonyl (C=O) groups excluding carboxylic acids is 1. The van der Waals surface area contributed by atoms with Gasteiger partial charge in [-0.05, 0) is 19.1 Å². The minimum atomic E-state index is -3.86. The molecule has 1 atom stereocenters. The van der Waals surface area contributed by atoms with E-state index in [0.29, 0.717) is 17.7 Å². The van der Waals surface area contributed by atoms with Crippen molar-refractivity contribution in [3.8, 4) is 11.5 Å². The number of benzene rings is 1. The van der Waals surface area contributed by atoms with Crippen molar-refractivity contribution in [3.63, 3.8) is 0 Å². The van der Waals surface area contributed by atoms with Crippen molar-refractivity contribution in [2.45, 2.75) is 13.5 Å². The smallest absolute Gasteiger partial charge is 0.456 e. The summed E-state index contributed by atoms with van der Waals surface area (Å²) in [6.07, 6.45) is 1.82. The lowest BCUT2D eigenvalue weighted by atomic mass is 10.1. The van der Waals surface area contributed by atoms with Crippen molar-refractivity contribution in [3.05, 3.63) is 53.3 Å². The van der Waals surface area contributed by atoms with Crippen LogP contribution < -0.4 is 10.0 Å². The Morgan fingerprint density at radius 2 is 2.05 bits per heavy atom. The van der Waals surface area contributed by atoms with E-state index in [0.717, 1.165) is 0 Å². The van der Waals surface area contributed by atoms with Crippen LogP contribution in [0.2, 0.25) is 0 Å². The zero-order valence-electron chi connectivity index (χ0n) is 11.8. The molecule has 1 unspecified atom stereocenters. The molecule has 22 heavy (non-hydrogen) atoms. The van der Waals surface area contributed by atoms with Crippen LogP contribution in [0.1, 0.15) is 21.6 Å². The summed E-state index contributed by atoms with van der Waals surface area (Å²) in [7, 11) is -3.86. The number of aromatic nitrogens is 1. The summed E-state index contributed by atoms with van der Waals surface area (Å²) in [4.78, 5) is 15.0. The van der Waals surface area contributed by atoms with Crippen LogP contribution in [0.25, 0.3) is 0 Å². The van der Waals surface area contributed by atoms with E-state index in [9.17, 15) is 14.5 Å². The highest BCUT2D eigenvalue weighted by Gasteiger charge is 2.22. The summed E-state index contributed by atoms with van der Waals surface area (Å²) < 4.78 is 22.2. The van der Waals surface area contributed by atoms with Crippen LogP contribution in [0.15, 0.2) is 36.5 Å². The van der Waals surface area contributed by atoms with Crippen molar-refractivity contribution >= 4 is 14.0 Å².